The number of furan rings is 1. The third-order valence-corrected chi connectivity index (χ3v) is 14.9. The van der Waals surface area contributed by atoms with Crippen molar-refractivity contribution in [3.63, 3.8) is 0 Å². The summed E-state index contributed by atoms with van der Waals surface area (Å²) in [6.07, 6.45) is 6.48. The van der Waals surface area contributed by atoms with Crippen LogP contribution in [0, 0.1) is 25.2 Å². The van der Waals surface area contributed by atoms with E-state index in [9.17, 15) is 0 Å². The van der Waals surface area contributed by atoms with Gasteiger partial charge in [-0.25, -0.2) is 0 Å². The fourth-order valence-electron chi connectivity index (χ4n) is 7.77. The molecule has 0 aliphatic carbocycles. The number of aromatic nitrogens is 3. The van der Waals surface area contributed by atoms with Crippen LogP contribution in [0.3, 0.4) is 0 Å². The Morgan fingerprint density at radius 1 is 0.741 bits per heavy atom. The number of nitrogens with zero attached hydrogens (tertiary/aromatic N) is 3. The van der Waals surface area contributed by atoms with Crippen LogP contribution in [-0.4, -0.2) is 27.8 Å². The van der Waals surface area contributed by atoms with Crippen LogP contribution in [0.25, 0.3) is 61.5 Å². The smallest absolute Gasteiger partial charge is 0.0774 e. The Morgan fingerprint density at radius 2 is 1.41 bits per heavy atom. The van der Waals surface area contributed by atoms with Gasteiger partial charge >= 0.3 is 126 Å². The number of hydrogen-bond acceptors (Lipinski definition) is 3. The van der Waals surface area contributed by atoms with Crippen molar-refractivity contribution in [3.8, 4) is 39.5 Å². The van der Waals surface area contributed by atoms with E-state index >= 15 is 0 Å². The Morgan fingerprint density at radius 3 is 2.05 bits per heavy atom. The molecule has 0 fully saturated rings. The minimum atomic E-state index is -1.86. The van der Waals surface area contributed by atoms with E-state index in [-0.39, 0.29) is 20.1 Å². The zero-order valence-electron chi connectivity index (χ0n) is 35.6. The molecule has 0 unspecified atom stereocenters. The van der Waals surface area contributed by atoms with Crippen molar-refractivity contribution < 1.29 is 24.5 Å². The maximum Gasteiger partial charge on any atom is 0.0774 e. The number of para-hydroxylation sites is 2. The summed E-state index contributed by atoms with van der Waals surface area (Å²) in [6, 6.07) is 43.7. The third kappa shape index (κ3) is 9.18. The summed E-state index contributed by atoms with van der Waals surface area (Å²) >= 11 is -1.86. The molecule has 0 N–H and O–H groups in total. The van der Waals surface area contributed by atoms with E-state index in [0.29, 0.717) is 17.8 Å². The molecule has 0 saturated heterocycles. The molecule has 0 bridgehead atoms. The fourth-order valence-corrected chi connectivity index (χ4v) is 11.1. The van der Waals surface area contributed by atoms with E-state index in [2.05, 4.69) is 180 Å². The zero-order chi connectivity index (χ0) is 40.4. The van der Waals surface area contributed by atoms with E-state index in [1.807, 2.05) is 24.3 Å². The van der Waals surface area contributed by atoms with E-state index in [1.54, 1.807) is 4.40 Å². The fraction of sp³-hybridized carbons (Fsp3) is 0.269. The predicted molar refractivity (Wildman–Crippen MR) is 243 cm³/mol. The molecule has 0 aliphatic heterocycles. The first-order chi connectivity index (χ1) is 27.3. The summed E-state index contributed by atoms with van der Waals surface area (Å²) in [5.74, 6) is 9.49. The van der Waals surface area contributed by atoms with Gasteiger partial charge in [0.2, 0.25) is 0 Å². The standard InChI is InChI=1S/C34H31N2O.C18H24GeN.Ir/c1-21(2)26-18-25(24-11-7-6-8-12-24)19-27(22(3)4)33(26)36-31-14-10-9-13-30(31)35-34(36)29-20-37-32-16-15-23(5)17-28(29)32;1-14(2)11-16-12-18(15-9-7-6-8-10-15)20-13-17(16)19(3,4)5;/h6-19,21-22H,1-5H3;6-9,12-14H,11H2,1-5H3;/q2*-1;. The van der Waals surface area contributed by atoms with Crippen molar-refractivity contribution in [2.45, 2.75) is 84.0 Å². The van der Waals surface area contributed by atoms with Gasteiger partial charge in [-0.15, -0.1) is 0 Å². The van der Waals surface area contributed by atoms with Crippen molar-refractivity contribution in [1.82, 2.24) is 14.5 Å². The van der Waals surface area contributed by atoms with E-state index in [4.69, 9.17) is 14.4 Å². The Bertz CT molecular complexity index is 2600. The number of fused-ring (bicyclic) bond motifs is 2. The molecule has 8 rings (SSSR count). The second-order valence-electron chi connectivity index (χ2n) is 17.4. The first-order valence-corrected chi connectivity index (χ1v) is 27.7. The average Bonchev–Trinajstić information content (AvgIpc) is 3.78. The second kappa shape index (κ2) is 18.2. The molecule has 5 aromatic carbocycles. The number of benzene rings is 5. The topological polar surface area (TPSA) is 43.9 Å². The summed E-state index contributed by atoms with van der Waals surface area (Å²) in [5.41, 5.74) is 14.9. The van der Waals surface area contributed by atoms with Crippen molar-refractivity contribution in [3.05, 3.63) is 156 Å². The molecular formula is C52H55GeIrN3O-2. The Balaban J connectivity index is 0.000000230. The second-order valence-corrected chi connectivity index (χ2v) is 27.9. The zero-order valence-corrected chi connectivity index (χ0v) is 40.1. The summed E-state index contributed by atoms with van der Waals surface area (Å²) in [5, 5.41) is 1.04. The quantitative estimate of drug-likeness (QED) is 0.107. The first kappa shape index (κ1) is 43.0. The molecule has 0 saturated carbocycles. The number of pyridine rings is 1. The Hall–Kier alpha value is -4.55. The Labute approximate surface area is 361 Å². The minimum Gasteiger partial charge on any atom is -0.557 e. The molecule has 6 heteroatoms. The molecule has 0 atom stereocenters. The molecule has 0 amide bonds. The molecule has 4 nitrogen and oxygen atoms in total. The summed E-state index contributed by atoms with van der Waals surface area (Å²) < 4.78 is 9.78. The van der Waals surface area contributed by atoms with Crippen LogP contribution in [0.1, 0.15) is 75.6 Å². The van der Waals surface area contributed by atoms with E-state index < -0.39 is 13.3 Å². The van der Waals surface area contributed by atoms with E-state index in [0.717, 1.165) is 51.1 Å². The van der Waals surface area contributed by atoms with Crippen molar-refractivity contribution >= 4 is 39.7 Å². The van der Waals surface area contributed by atoms with Crippen LogP contribution >= 0.6 is 0 Å². The van der Waals surface area contributed by atoms with Gasteiger partial charge in [0.15, 0.2) is 0 Å². The van der Waals surface area contributed by atoms with Crippen LogP contribution < -0.4 is 4.40 Å². The van der Waals surface area contributed by atoms with Crippen LogP contribution in [-0.2, 0) is 26.5 Å². The molecule has 58 heavy (non-hydrogen) atoms. The van der Waals surface area contributed by atoms with Gasteiger partial charge in [-0.3, -0.25) is 4.98 Å². The van der Waals surface area contributed by atoms with Gasteiger partial charge in [0, 0.05) is 37.6 Å². The number of rotatable bonds is 9. The number of imidazole rings is 1. The monoisotopic (exact) mass is 1000 g/mol. The molecule has 3 heterocycles. The van der Waals surface area contributed by atoms with Gasteiger partial charge in [0.1, 0.15) is 0 Å². The van der Waals surface area contributed by atoms with Gasteiger partial charge in [-0.2, -0.15) is 0 Å². The molecule has 0 spiro atoms. The Kier molecular flexibility index (Phi) is 13.5. The molecule has 299 valence electrons. The molecular weight excluding hydrogens is 947 g/mol. The van der Waals surface area contributed by atoms with Crippen molar-refractivity contribution in [2.75, 3.05) is 0 Å². The van der Waals surface area contributed by atoms with Gasteiger partial charge in [-0.05, 0) is 65.3 Å². The van der Waals surface area contributed by atoms with Gasteiger partial charge in [0.25, 0.3) is 0 Å². The van der Waals surface area contributed by atoms with E-state index in [1.165, 1.54) is 39.1 Å². The molecule has 3 aromatic heterocycles. The molecule has 0 aliphatic rings. The van der Waals surface area contributed by atoms with Crippen LogP contribution in [0.15, 0.2) is 126 Å². The predicted octanol–water partition coefficient (Wildman–Crippen LogP) is 13.8. The molecule has 1 radical (unpaired) electrons. The SMILES string of the molecule is CC(C)Cc1cc(-c2[c-]cccc2)nc[c]1[Ge]([CH3])([CH3])[CH3].Cc1ccc2o[c-]c(-c3nc4ccccc4n3-c3c(C(C)C)cc(-c4ccccc4)cc3C(C)C)c2c1.[Ir]. The summed E-state index contributed by atoms with van der Waals surface area (Å²) in [7, 11) is 0. The largest absolute Gasteiger partial charge is 0.557 e. The maximum absolute atomic E-state index is 5.90. The first-order valence-electron chi connectivity index (χ1n) is 20.4. The van der Waals surface area contributed by atoms with Crippen molar-refractivity contribution in [2.24, 2.45) is 5.92 Å². The minimum absolute atomic E-state index is 0. The summed E-state index contributed by atoms with van der Waals surface area (Å²) in [4.78, 5) is 9.86. The normalized spacial score (nSPS) is 11.7. The van der Waals surface area contributed by atoms with Crippen LogP contribution in [0.5, 0.6) is 0 Å². The third-order valence-electron chi connectivity index (χ3n) is 10.6. The maximum atomic E-state index is 5.90. The van der Waals surface area contributed by atoms with Crippen LogP contribution in [0.2, 0.25) is 17.3 Å². The van der Waals surface area contributed by atoms with Crippen molar-refractivity contribution in [1.29, 1.82) is 0 Å². The average molecular weight is 1000 g/mol. The summed E-state index contributed by atoms with van der Waals surface area (Å²) in [6.45, 7) is 15.8. The number of hydrogen-bond donors (Lipinski definition) is 0. The van der Waals surface area contributed by atoms with Crippen LogP contribution in [0.4, 0.5) is 0 Å². The van der Waals surface area contributed by atoms with Gasteiger partial charge < -0.3 is 8.98 Å². The molecule has 8 aromatic rings. The van der Waals surface area contributed by atoms with Gasteiger partial charge in [-0.1, -0.05) is 105 Å². The number of aryl methyl sites for hydroxylation is 1. The van der Waals surface area contributed by atoms with Gasteiger partial charge in [0.05, 0.1) is 16.9 Å².